The molecule has 0 aliphatic heterocycles. The van der Waals surface area contributed by atoms with Crippen LogP contribution in [-0.2, 0) is 24.1 Å². The van der Waals surface area contributed by atoms with Crippen LogP contribution in [0.3, 0.4) is 0 Å². The predicted molar refractivity (Wildman–Crippen MR) is 168 cm³/mol. The monoisotopic (exact) mass is 653 g/mol. The zero-order valence-electron chi connectivity index (χ0n) is 25.3. The lowest BCUT2D eigenvalue weighted by Gasteiger charge is -2.26. The number of alkyl halides is 3. The van der Waals surface area contributed by atoms with Gasteiger partial charge in [-0.1, -0.05) is 139 Å². The quantitative estimate of drug-likeness (QED) is 0.0680. The van der Waals surface area contributed by atoms with Crippen molar-refractivity contribution in [1.82, 2.24) is 5.32 Å². The van der Waals surface area contributed by atoms with Crippen LogP contribution in [0.25, 0.3) is 0 Å². The third-order valence-corrected chi connectivity index (χ3v) is 8.66. The van der Waals surface area contributed by atoms with Gasteiger partial charge in [0.2, 0.25) is 0 Å². The first-order valence-corrected chi connectivity index (χ1v) is 18.1. The molecular weight excluding hydrogens is 604 g/mol. The van der Waals surface area contributed by atoms with Crippen LogP contribution in [-0.4, -0.2) is 50.9 Å². The topological polar surface area (TPSA) is 98.8 Å². The van der Waals surface area contributed by atoms with Crippen LogP contribution in [0, 0.1) is 0 Å². The second-order valence-electron chi connectivity index (χ2n) is 10.9. The summed E-state index contributed by atoms with van der Waals surface area (Å²) in [6.07, 6.45) is 18.5. The minimum Gasteiger partial charge on any atom is -0.434 e. The van der Waals surface area contributed by atoms with Gasteiger partial charge in [0, 0.05) is 6.26 Å². The Bertz CT molecular complexity index is 978. The Balaban J connectivity index is 2.35. The van der Waals surface area contributed by atoms with Gasteiger partial charge in [-0.05, 0) is 24.1 Å². The Morgan fingerprint density at radius 2 is 1.26 bits per heavy atom. The van der Waals surface area contributed by atoms with E-state index in [0.29, 0.717) is 6.42 Å². The first kappa shape index (κ1) is 38.4. The summed E-state index contributed by atoms with van der Waals surface area (Å²) in [6, 6.07) is 4.08. The van der Waals surface area contributed by atoms with Crippen molar-refractivity contribution in [3.63, 3.8) is 0 Å². The highest BCUT2D eigenvalue weighted by Gasteiger charge is 2.31. The smallest absolute Gasteiger partial charge is 0.434 e. The van der Waals surface area contributed by atoms with Crippen molar-refractivity contribution in [2.24, 2.45) is 0 Å². The van der Waals surface area contributed by atoms with Crippen molar-refractivity contribution in [2.75, 3.05) is 19.5 Å². The van der Waals surface area contributed by atoms with Crippen molar-refractivity contribution < 1.29 is 31.9 Å². The molecule has 0 aliphatic carbocycles. The third-order valence-electron chi connectivity index (χ3n) is 7.14. The van der Waals surface area contributed by atoms with E-state index in [1.165, 1.54) is 101 Å². The summed E-state index contributed by atoms with van der Waals surface area (Å²) in [5.41, 5.74) is 0.269. The number of hydrogen-bond acceptors (Lipinski definition) is 6. The maximum absolute atomic E-state index is 13.9. The number of sulfone groups is 1. The first-order chi connectivity index (χ1) is 20.1. The number of carbonyl (C=O) groups is 2. The van der Waals surface area contributed by atoms with Crippen LogP contribution in [0.15, 0.2) is 29.2 Å². The number of benzene rings is 1. The predicted octanol–water partition coefficient (Wildman–Crippen LogP) is 8.80. The van der Waals surface area contributed by atoms with Crippen molar-refractivity contribution in [1.29, 1.82) is 0 Å². The van der Waals surface area contributed by atoms with Gasteiger partial charge >= 0.3 is 6.16 Å². The number of unbranched alkanes of at least 4 members (excludes halogenated alkanes) is 15. The fourth-order valence-electron chi connectivity index (χ4n) is 4.67. The van der Waals surface area contributed by atoms with Gasteiger partial charge in [0.1, 0.15) is 6.67 Å². The minimum atomic E-state index is -3.47. The summed E-state index contributed by atoms with van der Waals surface area (Å²) >= 11 is 11.1. The Morgan fingerprint density at radius 1 is 0.810 bits per heavy atom. The zero-order chi connectivity index (χ0) is 31.2. The molecule has 0 fully saturated rings. The largest absolute Gasteiger partial charge is 0.508 e. The zero-order valence-corrected chi connectivity index (χ0v) is 27.6. The number of ether oxygens (including phenoxy) is 2. The van der Waals surface area contributed by atoms with Crippen molar-refractivity contribution in [3.8, 4) is 0 Å². The molecule has 0 radical (unpaired) electrons. The van der Waals surface area contributed by atoms with Crippen LogP contribution < -0.4 is 5.32 Å². The summed E-state index contributed by atoms with van der Waals surface area (Å²) in [6.45, 7) is 1.30. The summed E-state index contributed by atoms with van der Waals surface area (Å²) in [7, 11) is -3.47. The van der Waals surface area contributed by atoms with Crippen molar-refractivity contribution in [2.45, 2.75) is 132 Å². The van der Waals surface area contributed by atoms with E-state index in [9.17, 15) is 22.4 Å². The average molecular weight is 655 g/mol. The molecule has 2 unspecified atom stereocenters. The van der Waals surface area contributed by atoms with E-state index >= 15 is 0 Å². The molecule has 0 aliphatic rings. The van der Waals surface area contributed by atoms with E-state index in [1.807, 2.05) is 0 Å². The second kappa shape index (κ2) is 22.9. The summed E-state index contributed by atoms with van der Waals surface area (Å²) < 4.78 is 48.1. The second-order valence-corrected chi connectivity index (χ2v) is 14.0. The SMILES string of the molecule is CCCCCCCCCCCCCCCCCCOC(=O)OC(c1ccc(S(C)(=O)=O)cc1)C(CF)NC(=O)C(Cl)Cl. The Kier molecular flexibility index (Phi) is 21.0. The summed E-state index contributed by atoms with van der Waals surface area (Å²) in [4.78, 5) is 23.0. The van der Waals surface area contributed by atoms with Crippen molar-refractivity contribution in [3.05, 3.63) is 29.8 Å². The average Bonchev–Trinajstić information content (AvgIpc) is 2.95. The van der Waals surface area contributed by atoms with Gasteiger partial charge in [-0.2, -0.15) is 0 Å². The highest BCUT2D eigenvalue weighted by molar-refractivity contribution is 7.90. The van der Waals surface area contributed by atoms with Gasteiger partial charge in [0.25, 0.3) is 5.91 Å². The molecule has 42 heavy (non-hydrogen) atoms. The van der Waals surface area contributed by atoms with E-state index in [0.717, 1.165) is 25.5 Å². The normalized spacial score (nSPS) is 13.1. The fourth-order valence-corrected chi connectivity index (χ4v) is 5.43. The lowest BCUT2D eigenvalue weighted by molar-refractivity contribution is -0.121. The minimum absolute atomic E-state index is 0.0403. The number of rotatable bonds is 24. The molecule has 1 aromatic carbocycles. The van der Waals surface area contributed by atoms with Gasteiger partial charge < -0.3 is 14.8 Å². The van der Waals surface area contributed by atoms with Crippen LogP contribution in [0.5, 0.6) is 0 Å². The molecule has 0 heterocycles. The number of hydrogen-bond donors (Lipinski definition) is 1. The standard InChI is InChI=1S/C31H50Cl2FNO6S/c1-3-4-5-6-7-8-9-10-11-12-13-14-15-16-17-18-23-40-31(37)41-28(27(24-34)35-30(36)29(32)33)25-19-21-26(22-20-25)42(2,38)39/h19-22,27-29H,3-18,23-24H2,1-2H3,(H,35,36). The molecule has 242 valence electrons. The molecule has 0 bridgehead atoms. The molecule has 1 rings (SSSR count). The summed E-state index contributed by atoms with van der Waals surface area (Å²) in [5.74, 6) is -0.858. The van der Waals surface area contributed by atoms with Crippen LogP contribution >= 0.6 is 23.2 Å². The van der Waals surface area contributed by atoms with E-state index in [-0.39, 0.29) is 17.1 Å². The maximum atomic E-state index is 13.9. The molecule has 11 heteroatoms. The number of amides is 1. The highest BCUT2D eigenvalue weighted by Crippen LogP contribution is 2.25. The van der Waals surface area contributed by atoms with E-state index < -0.39 is 45.6 Å². The van der Waals surface area contributed by atoms with Gasteiger partial charge in [0.15, 0.2) is 20.8 Å². The van der Waals surface area contributed by atoms with Gasteiger partial charge in [-0.3, -0.25) is 4.79 Å². The molecule has 1 N–H and O–H groups in total. The van der Waals surface area contributed by atoms with Crippen molar-refractivity contribution >= 4 is 45.1 Å². The summed E-state index contributed by atoms with van der Waals surface area (Å²) in [5, 5.41) is 2.31. The molecule has 0 saturated heterocycles. The van der Waals surface area contributed by atoms with Crippen LogP contribution in [0.1, 0.15) is 121 Å². The Labute approximate surface area is 262 Å². The lowest BCUT2D eigenvalue weighted by atomic mass is 10.0. The highest BCUT2D eigenvalue weighted by atomic mass is 35.5. The van der Waals surface area contributed by atoms with Crippen LogP contribution in [0.2, 0.25) is 0 Å². The third kappa shape index (κ3) is 17.5. The van der Waals surface area contributed by atoms with E-state index in [4.69, 9.17) is 32.7 Å². The van der Waals surface area contributed by atoms with Gasteiger partial charge in [-0.15, -0.1) is 0 Å². The fraction of sp³-hybridized carbons (Fsp3) is 0.742. The van der Waals surface area contributed by atoms with Crippen LogP contribution in [0.4, 0.5) is 9.18 Å². The number of halogens is 3. The van der Waals surface area contributed by atoms with Gasteiger partial charge in [-0.25, -0.2) is 17.6 Å². The number of nitrogens with one attached hydrogen (secondary N) is 1. The molecule has 1 aromatic rings. The molecular formula is C31H50Cl2FNO6S. The molecule has 0 spiro atoms. The Hall–Kier alpha value is -1.58. The molecule has 7 nitrogen and oxygen atoms in total. The van der Waals surface area contributed by atoms with E-state index in [2.05, 4.69) is 12.2 Å². The van der Waals surface area contributed by atoms with E-state index in [1.54, 1.807) is 0 Å². The molecule has 0 aromatic heterocycles. The molecule has 2 atom stereocenters. The molecule has 0 saturated carbocycles. The maximum Gasteiger partial charge on any atom is 0.508 e. The van der Waals surface area contributed by atoms with Gasteiger partial charge in [0.05, 0.1) is 17.5 Å². The number of carbonyl (C=O) groups excluding carboxylic acids is 2. The molecule has 1 amide bonds. The Morgan fingerprint density at radius 3 is 1.67 bits per heavy atom. The lowest BCUT2D eigenvalue weighted by Crippen LogP contribution is -2.44. The first-order valence-electron chi connectivity index (χ1n) is 15.4.